The second-order valence-electron chi connectivity index (χ2n) is 4.55. The Morgan fingerprint density at radius 3 is 2.24 bits per heavy atom. The number of benzene rings is 2. The van der Waals surface area contributed by atoms with Gasteiger partial charge < -0.3 is 4.74 Å². The number of non-ortho nitro benzene ring substituents is 1. The minimum atomic E-state index is -4.91. The largest absolute Gasteiger partial charge is 0.573 e. The second-order valence-corrected chi connectivity index (χ2v) is 6.64. The predicted octanol–water partition coefficient (Wildman–Crippen LogP) is 3.95. The fraction of sp³-hybridized carbons (Fsp3) is 0.0769. The van der Waals surface area contributed by atoms with Crippen LogP contribution in [0.3, 0.4) is 0 Å². The number of nitro benzene ring substituents is 1. The smallest absolute Gasteiger partial charge is 0.406 e. The quantitative estimate of drug-likeness (QED) is 0.609. The van der Waals surface area contributed by atoms with E-state index in [1.165, 1.54) is 0 Å². The van der Waals surface area contributed by atoms with Gasteiger partial charge in [0.1, 0.15) is 5.75 Å². The first kappa shape index (κ1) is 18.8. The van der Waals surface area contributed by atoms with Crippen molar-refractivity contribution >= 4 is 33.0 Å². The maximum atomic E-state index is 12.2. The summed E-state index contributed by atoms with van der Waals surface area (Å²) < 4.78 is 66.4. The molecule has 0 radical (unpaired) electrons. The maximum Gasteiger partial charge on any atom is 0.573 e. The molecule has 0 fully saturated rings. The van der Waals surface area contributed by atoms with E-state index in [9.17, 15) is 31.7 Å². The van der Waals surface area contributed by atoms with Crippen LogP contribution in [0.2, 0.25) is 5.02 Å². The molecule has 0 saturated carbocycles. The summed E-state index contributed by atoms with van der Waals surface area (Å²) in [7, 11) is -4.23. The average Bonchev–Trinajstić information content (AvgIpc) is 2.48. The van der Waals surface area contributed by atoms with E-state index in [1.807, 2.05) is 4.72 Å². The number of nitro groups is 1. The lowest BCUT2D eigenvalue weighted by Crippen LogP contribution is -2.17. The fourth-order valence-electron chi connectivity index (χ4n) is 1.73. The van der Waals surface area contributed by atoms with Crippen LogP contribution in [0.25, 0.3) is 0 Å². The topological polar surface area (TPSA) is 98.5 Å². The third-order valence-electron chi connectivity index (χ3n) is 2.77. The van der Waals surface area contributed by atoms with Crippen molar-refractivity contribution in [2.24, 2.45) is 0 Å². The van der Waals surface area contributed by atoms with Gasteiger partial charge in [0.05, 0.1) is 20.5 Å². The van der Waals surface area contributed by atoms with Crippen molar-refractivity contribution in [3.05, 3.63) is 57.6 Å². The van der Waals surface area contributed by atoms with E-state index in [-0.39, 0.29) is 15.6 Å². The van der Waals surface area contributed by atoms with Crippen LogP contribution >= 0.6 is 11.6 Å². The lowest BCUT2D eigenvalue weighted by atomic mass is 10.3. The summed E-state index contributed by atoms with van der Waals surface area (Å²) in [5, 5.41) is 10.6. The summed E-state index contributed by atoms with van der Waals surface area (Å²) in [5.41, 5.74) is -0.637. The number of hydrogen-bond acceptors (Lipinski definition) is 5. The summed E-state index contributed by atoms with van der Waals surface area (Å²) in [6, 6.07) is 6.54. The van der Waals surface area contributed by atoms with Gasteiger partial charge in [0.15, 0.2) is 0 Å². The zero-order valence-corrected chi connectivity index (χ0v) is 13.5. The molecule has 0 atom stereocenters. The Morgan fingerprint density at radius 1 is 1.12 bits per heavy atom. The maximum absolute atomic E-state index is 12.2. The normalized spacial score (nSPS) is 11.8. The number of nitrogens with one attached hydrogen (secondary N) is 1. The molecule has 0 heterocycles. The van der Waals surface area contributed by atoms with Crippen molar-refractivity contribution < 1.29 is 31.2 Å². The van der Waals surface area contributed by atoms with E-state index < -0.39 is 32.7 Å². The minimum Gasteiger partial charge on any atom is -0.406 e. The van der Waals surface area contributed by atoms with Gasteiger partial charge in [-0.2, -0.15) is 0 Å². The first-order chi connectivity index (χ1) is 11.5. The minimum absolute atomic E-state index is 0.0915. The number of nitrogens with zero attached hydrogens (tertiary/aromatic N) is 1. The highest BCUT2D eigenvalue weighted by Gasteiger charge is 2.31. The summed E-state index contributed by atoms with van der Waals surface area (Å²) >= 11 is 5.80. The summed E-state index contributed by atoms with van der Waals surface area (Å²) in [4.78, 5) is 9.61. The molecule has 2 rings (SSSR count). The molecule has 0 spiro atoms. The number of ether oxygens (including phenoxy) is 1. The molecule has 0 aliphatic rings. The van der Waals surface area contributed by atoms with Gasteiger partial charge >= 0.3 is 6.36 Å². The molecule has 134 valence electrons. The van der Waals surface area contributed by atoms with Crippen LogP contribution in [0.15, 0.2) is 47.4 Å². The van der Waals surface area contributed by atoms with Crippen molar-refractivity contribution in [2.75, 3.05) is 4.72 Å². The number of anilines is 1. The molecule has 2 aromatic carbocycles. The average molecular weight is 397 g/mol. The van der Waals surface area contributed by atoms with Gasteiger partial charge in [-0.1, -0.05) is 11.6 Å². The SMILES string of the molecule is O=[N+]([O-])c1ccc(Cl)c(NS(=O)(=O)c2ccc(OC(F)(F)F)cc2)c1. The number of alkyl halides is 3. The van der Waals surface area contributed by atoms with Crippen molar-refractivity contribution in [3.63, 3.8) is 0 Å². The molecule has 0 bridgehead atoms. The van der Waals surface area contributed by atoms with Crippen LogP contribution in [0.5, 0.6) is 5.75 Å². The molecule has 0 aliphatic carbocycles. The first-order valence-corrected chi connectivity index (χ1v) is 8.17. The molecule has 1 N–H and O–H groups in total. The number of halogens is 4. The molecule has 25 heavy (non-hydrogen) atoms. The predicted molar refractivity (Wildman–Crippen MR) is 82.0 cm³/mol. The monoisotopic (exact) mass is 396 g/mol. The summed E-state index contributed by atoms with van der Waals surface area (Å²) in [5.74, 6) is -0.597. The Hall–Kier alpha value is -2.53. The van der Waals surface area contributed by atoms with E-state index in [2.05, 4.69) is 4.74 Å². The van der Waals surface area contributed by atoms with E-state index in [1.54, 1.807) is 0 Å². The highest BCUT2D eigenvalue weighted by molar-refractivity contribution is 7.92. The van der Waals surface area contributed by atoms with Crippen LogP contribution in [-0.4, -0.2) is 19.7 Å². The van der Waals surface area contributed by atoms with Gasteiger partial charge in [-0.15, -0.1) is 13.2 Å². The van der Waals surface area contributed by atoms with Gasteiger partial charge in [0.2, 0.25) is 0 Å². The van der Waals surface area contributed by atoms with Gasteiger partial charge in [-0.05, 0) is 30.3 Å². The molecule has 2 aromatic rings. The van der Waals surface area contributed by atoms with Crippen LogP contribution in [0, 0.1) is 10.1 Å². The third-order valence-corrected chi connectivity index (χ3v) is 4.48. The highest BCUT2D eigenvalue weighted by atomic mass is 35.5. The van der Waals surface area contributed by atoms with Gasteiger partial charge in [0, 0.05) is 12.1 Å². The third kappa shape index (κ3) is 4.97. The van der Waals surface area contributed by atoms with E-state index >= 15 is 0 Å². The molecule has 0 aliphatic heterocycles. The molecule has 0 unspecified atom stereocenters. The second kappa shape index (κ2) is 6.76. The van der Waals surface area contributed by atoms with Gasteiger partial charge in [-0.25, -0.2) is 8.42 Å². The Labute approximate surface area is 144 Å². The summed E-state index contributed by atoms with van der Waals surface area (Å²) in [6.07, 6.45) is -4.91. The molecule has 7 nitrogen and oxygen atoms in total. The zero-order valence-electron chi connectivity index (χ0n) is 12.0. The van der Waals surface area contributed by atoms with Crippen molar-refractivity contribution in [2.45, 2.75) is 11.3 Å². The number of sulfonamides is 1. The van der Waals surface area contributed by atoms with Crippen molar-refractivity contribution in [1.82, 2.24) is 0 Å². The Balaban J connectivity index is 2.28. The Morgan fingerprint density at radius 2 is 1.72 bits per heavy atom. The number of hydrogen-bond donors (Lipinski definition) is 1. The highest BCUT2D eigenvalue weighted by Crippen LogP contribution is 2.29. The van der Waals surface area contributed by atoms with Crippen LogP contribution < -0.4 is 9.46 Å². The van der Waals surface area contributed by atoms with Gasteiger partial charge in [-0.3, -0.25) is 14.8 Å². The Kier molecular flexibility index (Phi) is 5.09. The van der Waals surface area contributed by atoms with Gasteiger partial charge in [0.25, 0.3) is 15.7 Å². The molecule has 0 amide bonds. The standard InChI is InChI=1S/C13H8ClF3N2O5S/c14-11-6-1-8(19(20)21)7-12(11)18-25(22,23)10-4-2-9(3-5-10)24-13(15,16)17/h1-7,18H. The molecule has 12 heteroatoms. The number of rotatable bonds is 5. The van der Waals surface area contributed by atoms with Crippen LogP contribution in [-0.2, 0) is 10.0 Å². The van der Waals surface area contributed by atoms with Crippen molar-refractivity contribution in [1.29, 1.82) is 0 Å². The van der Waals surface area contributed by atoms with E-state index in [4.69, 9.17) is 11.6 Å². The van der Waals surface area contributed by atoms with E-state index in [0.717, 1.165) is 42.5 Å². The Bertz CT molecular complexity index is 901. The fourth-order valence-corrected chi connectivity index (χ4v) is 3.02. The first-order valence-electron chi connectivity index (χ1n) is 6.30. The molecule has 0 saturated heterocycles. The molecular formula is C13H8ClF3N2O5S. The van der Waals surface area contributed by atoms with Crippen LogP contribution in [0.4, 0.5) is 24.5 Å². The lowest BCUT2D eigenvalue weighted by Gasteiger charge is -2.11. The van der Waals surface area contributed by atoms with Crippen molar-refractivity contribution in [3.8, 4) is 5.75 Å². The zero-order chi connectivity index (χ0) is 18.8. The van der Waals surface area contributed by atoms with E-state index in [0.29, 0.717) is 0 Å². The van der Waals surface area contributed by atoms with Crippen LogP contribution in [0.1, 0.15) is 0 Å². The molecule has 0 aromatic heterocycles. The molecular weight excluding hydrogens is 389 g/mol. The lowest BCUT2D eigenvalue weighted by molar-refractivity contribution is -0.384. The summed E-state index contributed by atoms with van der Waals surface area (Å²) in [6.45, 7) is 0.